The maximum absolute atomic E-state index is 6.63. The van der Waals surface area contributed by atoms with Gasteiger partial charge < -0.3 is 19.7 Å². The third-order valence-corrected chi connectivity index (χ3v) is 6.18. The summed E-state index contributed by atoms with van der Waals surface area (Å²) in [6.07, 6.45) is 3.78. The number of anilines is 2. The van der Waals surface area contributed by atoms with Gasteiger partial charge >= 0.3 is 0 Å². The second kappa shape index (κ2) is 10.6. The Morgan fingerprint density at radius 1 is 0.969 bits per heavy atom. The van der Waals surface area contributed by atoms with Crippen LogP contribution in [0.1, 0.15) is 36.0 Å². The van der Waals surface area contributed by atoms with Crippen LogP contribution in [0.3, 0.4) is 0 Å². The second-order valence-corrected chi connectivity index (χ2v) is 8.70. The number of para-hydroxylation sites is 1. The molecule has 3 aromatic rings. The SMILES string of the molecule is COc1cccc(CNc2ccc(N3CCCCC3)c(Cl)c2)c1OCc1cccc(C)c1. The molecule has 0 saturated carbocycles. The molecule has 1 fully saturated rings. The van der Waals surface area contributed by atoms with Crippen molar-refractivity contribution in [1.82, 2.24) is 0 Å². The number of benzene rings is 3. The van der Waals surface area contributed by atoms with Crippen LogP contribution in [0.5, 0.6) is 11.5 Å². The number of halogens is 1. The van der Waals surface area contributed by atoms with Crippen LogP contribution in [0.25, 0.3) is 0 Å². The molecule has 1 aliphatic heterocycles. The van der Waals surface area contributed by atoms with E-state index in [0.29, 0.717) is 13.2 Å². The molecule has 0 aliphatic carbocycles. The molecule has 5 heteroatoms. The zero-order valence-electron chi connectivity index (χ0n) is 18.9. The Balaban J connectivity index is 1.46. The average molecular weight is 451 g/mol. The highest BCUT2D eigenvalue weighted by molar-refractivity contribution is 6.33. The molecule has 0 aromatic heterocycles. The van der Waals surface area contributed by atoms with Crippen LogP contribution in [-0.2, 0) is 13.2 Å². The maximum Gasteiger partial charge on any atom is 0.166 e. The largest absolute Gasteiger partial charge is 0.493 e. The minimum Gasteiger partial charge on any atom is -0.493 e. The zero-order valence-corrected chi connectivity index (χ0v) is 19.6. The first-order chi connectivity index (χ1) is 15.6. The Morgan fingerprint density at radius 3 is 2.53 bits per heavy atom. The number of nitrogens with zero attached hydrogens (tertiary/aromatic N) is 1. The first-order valence-corrected chi connectivity index (χ1v) is 11.6. The highest BCUT2D eigenvalue weighted by Crippen LogP contribution is 2.34. The van der Waals surface area contributed by atoms with E-state index in [0.717, 1.165) is 52.1 Å². The summed E-state index contributed by atoms with van der Waals surface area (Å²) in [4.78, 5) is 2.38. The Labute approximate surface area is 196 Å². The third-order valence-electron chi connectivity index (χ3n) is 5.87. The molecular formula is C27H31ClN2O2. The predicted octanol–water partition coefficient (Wildman–Crippen LogP) is 6.84. The van der Waals surface area contributed by atoms with Crippen molar-refractivity contribution in [1.29, 1.82) is 0 Å². The van der Waals surface area contributed by atoms with E-state index in [1.54, 1.807) is 7.11 Å². The van der Waals surface area contributed by atoms with Crippen LogP contribution in [0.2, 0.25) is 5.02 Å². The van der Waals surface area contributed by atoms with E-state index in [-0.39, 0.29) is 0 Å². The highest BCUT2D eigenvalue weighted by atomic mass is 35.5. The van der Waals surface area contributed by atoms with E-state index in [9.17, 15) is 0 Å². The molecule has 1 saturated heterocycles. The molecule has 1 N–H and O–H groups in total. The average Bonchev–Trinajstić information content (AvgIpc) is 2.82. The third kappa shape index (κ3) is 5.49. The van der Waals surface area contributed by atoms with Crippen LogP contribution in [0.15, 0.2) is 60.7 Å². The lowest BCUT2D eigenvalue weighted by atomic mass is 10.1. The van der Waals surface area contributed by atoms with E-state index in [4.69, 9.17) is 21.1 Å². The molecule has 0 amide bonds. The van der Waals surface area contributed by atoms with Crippen molar-refractivity contribution in [2.75, 3.05) is 30.4 Å². The summed E-state index contributed by atoms with van der Waals surface area (Å²) in [5, 5.41) is 4.28. The zero-order chi connectivity index (χ0) is 22.3. The lowest BCUT2D eigenvalue weighted by Gasteiger charge is -2.29. The summed E-state index contributed by atoms with van der Waals surface area (Å²) in [6, 6.07) is 20.6. The van der Waals surface area contributed by atoms with Crippen molar-refractivity contribution in [2.24, 2.45) is 0 Å². The van der Waals surface area contributed by atoms with Gasteiger partial charge in [-0.05, 0) is 56.0 Å². The number of nitrogens with one attached hydrogen (secondary N) is 1. The summed E-state index contributed by atoms with van der Waals surface area (Å²) in [5.41, 5.74) is 5.50. The Kier molecular flexibility index (Phi) is 7.43. The van der Waals surface area contributed by atoms with Crippen LogP contribution < -0.4 is 19.7 Å². The lowest BCUT2D eigenvalue weighted by molar-refractivity contribution is 0.281. The lowest BCUT2D eigenvalue weighted by Crippen LogP contribution is -2.29. The highest BCUT2D eigenvalue weighted by Gasteiger charge is 2.15. The first-order valence-electron chi connectivity index (χ1n) is 11.3. The number of hydrogen-bond donors (Lipinski definition) is 1. The van der Waals surface area contributed by atoms with Gasteiger partial charge in [-0.2, -0.15) is 0 Å². The summed E-state index contributed by atoms with van der Waals surface area (Å²) in [5.74, 6) is 1.50. The van der Waals surface area contributed by atoms with E-state index in [1.165, 1.54) is 24.8 Å². The van der Waals surface area contributed by atoms with E-state index < -0.39 is 0 Å². The number of aryl methyl sites for hydroxylation is 1. The van der Waals surface area contributed by atoms with Gasteiger partial charge in [-0.25, -0.2) is 0 Å². The van der Waals surface area contributed by atoms with Crippen molar-refractivity contribution >= 4 is 23.0 Å². The molecule has 1 heterocycles. The van der Waals surface area contributed by atoms with Crippen molar-refractivity contribution in [3.63, 3.8) is 0 Å². The quantitative estimate of drug-likeness (QED) is 0.407. The van der Waals surface area contributed by atoms with Gasteiger partial charge in [0.15, 0.2) is 11.5 Å². The van der Waals surface area contributed by atoms with Gasteiger partial charge in [0.05, 0.1) is 17.8 Å². The van der Waals surface area contributed by atoms with Crippen LogP contribution in [-0.4, -0.2) is 20.2 Å². The summed E-state index contributed by atoms with van der Waals surface area (Å²) < 4.78 is 11.8. The topological polar surface area (TPSA) is 33.7 Å². The predicted molar refractivity (Wildman–Crippen MR) is 133 cm³/mol. The van der Waals surface area contributed by atoms with Crippen molar-refractivity contribution in [2.45, 2.75) is 39.3 Å². The normalized spacial score (nSPS) is 13.7. The molecule has 168 valence electrons. The Morgan fingerprint density at radius 2 is 1.78 bits per heavy atom. The number of hydrogen-bond acceptors (Lipinski definition) is 4. The maximum atomic E-state index is 6.63. The van der Waals surface area contributed by atoms with E-state index in [2.05, 4.69) is 59.6 Å². The second-order valence-electron chi connectivity index (χ2n) is 8.29. The number of piperidine rings is 1. The van der Waals surface area contributed by atoms with Gasteiger partial charge in [-0.3, -0.25) is 0 Å². The number of ether oxygens (including phenoxy) is 2. The van der Waals surface area contributed by atoms with E-state index >= 15 is 0 Å². The summed E-state index contributed by atoms with van der Waals surface area (Å²) in [7, 11) is 1.67. The van der Waals surface area contributed by atoms with Crippen LogP contribution >= 0.6 is 11.6 Å². The fraction of sp³-hybridized carbons (Fsp3) is 0.333. The molecule has 1 aliphatic rings. The minimum atomic E-state index is 0.491. The molecule has 0 spiro atoms. The van der Waals surface area contributed by atoms with Crippen molar-refractivity contribution in [3.8, 4) is 11.5 Å². The monoisotopic (exact) mass is 450 g/mol. The molecule has 3 aromatic carbocycles. The number of methoxy groups -OCH3 is 1. The fourth-order valence-electron chi connectivity index (χ4n) is 4.19. The molecule has 0 atom stereocenters. The fourth-order valence-corrected chi connectivity index (χ4v) is 4.49. The smallest absolute Gasteiger partial charge is 0.166 e. The summed E-state index contributed by atoms with van der Waals surface area (Å²) >= 11 is 6.63. The van der Waals surface area contributed by atoms with Gasteiger partial charge in [-0.15, -0.1) is 0 Å². The molecule has 32 heavy (non-hydrogen) atoms. The molecular weight excluding hydrogens is 420 g/mol. The molecule has 0 radical (unpaired) electrons. The van der Waals surface area contributed by atoms with E-state index in [1.807, 2.05) is 18.2 Å². The molecule has 0 bridgehead atoms. The van der Waals surface area contributed by atoms with Crippen LogP contribution in [0, 0.1) is 6.92 Å². The standard InChI is InChI=1S/C27H31ClN2O2/c1-20-8-6-9-21(16-20)19-32-27-22(10-7-11-26(27)31-2)18-29-23-12-13-25(24(28)17-23)30-14-4-3-5-15-30/h6-13,16-17,29H,3-5,14-15,18-19H2,1-2H3. The van der Waals surface area contributed by atoms with Gasteiger partial charge in [0.25, 0.3) is 0 Å². The number of rotatable bonds is 8. The van der Waals surface area contributed by atoms with Crippen molar-refractivity contribution in [3.05, 3.63) is 82.4 Å². The van der Waals surface area contributed by atoms with Gasteiger partial charge in [0.1, 0.15) is 6.61 Å². The van der Waals surface area contributed by atoms with Crippen molar-refractivity contribution < 1.29 is 9.47 Å². The Bertz CT molecular complexity index is 1050. The van der Waals surface area contributed by atoms with Gasteiger partial charge in [-0.1, -0.05) is 53.6 Å². The van der Waals surface area contributed by atoms with Gasteiger partial charge in [0, 0.05) is 30.9 Å². The molecule has 0 unspecified atom stereocenters. The van der Waals surface area contributed by atoms with Crippen LogP contribution in [0.4, 0.5) is 11.4 Å². The molecule has 4 nitrogen and oxygen atoms in total. The Hall–Kier alpha value is -2.85. The minimum absolute atomic E-state index is 0.491. The van der Waals surface area contributed by atoms with Gasteiger partial charge in [0.2, 0.25) is 0 Å². The molecule has 4 rings (SSSR count). The summed E-state index contributed by atoms with van der Waals surface area (Å²) in [6.45, 7) is 5.35. The first kappa shape index (κ1) is 22.3.